The summed E-state index contributed by atoms with van der Waals surface area (Å²) in [6.07, 6.45) is -0.979. The van der Waals surface area contributed by atoms with E-state index >= 15 is 0 Å². The lowest BCUT2D eigenvalue weighted by atomic mass is 10.0. The molecular formula is C22H21NO4. The number of benzene rings is 2. The van der Waals surface area contributed by atoms with E-state index in [1.165, 1.54) is 13.8 Å². The molecule has 1 N–H and O–H groups in total. The molecule has 0 radical (unpaired) electrons. The third-order valence-electron chi connectivity index (χ3n) is 4.70. The number of fused-ring (bicyclic) bond motifs is 1. The van der Waals surface area contributed by atoms with E-state index in [1.807, 2.05) is 30.3 Å². The number of hydrogen-bond acceptors (Lipinski definition) is 4. The normalized spacial score (nSPS) is 12.0. The van der Waals surface area contributed by atoms with Crippen molar-refractivity contribution in [3.8, 4) is 0 Å². The summed E-state index contributed by atoms with van der Waals surface area (Å²) in [5.41, 5.74) is 2.44. The van der Waals surface area contributed by atoms with Crippen molar-refractivity contribution in [3.63, 3.8) is 0 Å². The molecule has 0 aliphatic carbocycles. The lowest BCUT2D eigenvalue weighted by Gasteiger charge is -2.13. The van der Waals surface area contributed by atoms with E-state index in [1.54, 1.807) is 26.0 Å². The topological polar surface area (TPSA) is 76.2 Å². The number of carbonyl (C=O) groups excluding carboxylic acids is 3. The molecule has 1 heterocycles. The first-order valence-corrected chi connectivity index (χ1v) is 8.74. The van der Waals surface area contributed by atoms with E-state index in [0.717, 1.165) is 10.8 Å². The molecule has 5 nitrogen and oxygen atoms in total. The van der Waals surface area contributed by atoms with Crippen LogP contribution in [0.2, 0.25) is 0 Å². The Balaban J connectivity index is 1.86. The van der Waals surface area contributed by atoms with Gasteiger partial charge in [-0.2, -0.15) is 0 Å². The zero-order valence-electron chi connectivity index (χ0n) is 15.8. The SMILES string of the molecule is CC(=O)c1c(C)[nH]c(C(=O)[C@H](C)OC(=O)c2cccc3ccccc23)c1C. The molecule has 0 fully saturated rings. The molecule has 2 aromatic carbocycles. The Hall–Kier alpha value is -3.21. The minimum atomic E-state index is -0.979. The van der Waals surface area contributed by atoms with Gasteiger partial charge in [0.25, 0.3) is 0 Å². The Bertz CT molecular complexity index is 1060. The molecule has 0 saturated heterocycles. The van der Waals surface area contributed by atoms with Crippen LogP contribution in [0.15, 0.2) is 42.5 Å². The molecule has 0 saturated carbocycles. The van der Waals surface area contributed by atoms with Crippen molar-refractivity contribution in [2.24, 2.45) is 0 Å². The Morgan fingerprint density at radius 1 is 1.00 bits per heavy atom. The summed E-state index contributed by atoms with van der Waals surface area (Å²) < 4.78 is 5.43. The highest BCUT2D eigenvalue weighted by atomic mass is 16.5. The van der Waals surface area contributed by atoms with Crippen LogP contribution >= 0.6 is 0 Å². The Morgan fingerprint density at radius 2 is 1.67 bits per heavy atom. The van der Waals surface area contributed by atoms with Crippen molar-refractivity contribution in [3.05, 3.63) is 70.5 Å². The van der Waals surface area contributed by atoms with Crippen molar-refractivity contribution < 1.29 is 19.1 Å². The first-order chi connectivity index (χ1) is 12.8. The summed E-state index contributed by atoms with van der Waals surface area (Å²) in [5, 5.41) is 1.70. The van der Waals surface area contributed by atoms with E-state index in [9.17, 15) is 14.4 Å². The van der Waals surface area contributed by atoms with Crippen LogP contribution in [-0.2, 0) is 4.74 Å². The lowest BCUT2D eigenvalue weighted by Crippen LogP contribution is -2.25. The average Bonchev–Trinajstić information content (AvgIpc) is 2.94. The first kappa shape index (κ1) is 18.6. The predicted octanol–water partition coefficient (Wildman–Crippen LogP) is 4.42. The fraction of sp³-hybridized carbons (Fsp3) is 0.227. The van der Waals surface area contributed by atoms with Crippen molar-refractivity contribution in [2.75, 3.05) is 0 Å². The third kappa shape index (κ3) is 3.40. The van der Waals surface area contributed by atoms with Crippen molar-refractivity contribution in [1.82, 2.24) is 4.98 Å². The van der Waals surface area contributed by atoms with E-state index in [2.05, 4.69) is 4.98 Å². The van der Waals surface area contributed by atoms with Gasteiger partial charge in [0.05, 0.1) is 11.3 Å². The molecule has 1 atom stereocenters. The van der Waals surface area contributed by atoms with Crippen LogP contribution in [0.5, 0.6) is 0 Å². The second-order valence-corrected chi connectivity index (χ2v) is 6.62. The zero-order chi connectivity index (χ0) is 19.7. The molecule has 138 valence electrons. The fourth-order valence-electron chi connectivity index (χ4n) is 3.41. The highest BCUT2D eigenvalue weighted by Gasteiger charge is 2.26. The van der Waals surface area contributed by atoms with Gasteiger partial charge in [0.1, 0.15) is 0 Å². The summed E-state index contributed by atoms with van der Waals surface area (Å²) in [6.45, 7) is 6.45. The first-order valence-electron chi connectivity index (χ1n) is 8.74. The molecule has 0 unspecified atom stereocenters. The maximum Gasteiger partial charge on any atom is 0.339 e. The molecule has 0 aliphatic heterocycles. The standard InChI is InChI=1S/C22H21NO4/c1-12-19(14(3)24)13(2)23-20(12)21(25)15(4)27-22(26)18-11-7-9-16-8-5-6-10-17(16)18/h5-11,15,23H,1-4H3/t15-/m0/s1. The van der Waals surface area contributed by atoms with Gasteiger partial charge < -0.3 is 9.72 Å². The molecule has 1 aromatic heterocycles. The number of Topliss-reactive ketones (excluding diaryl/α,β-unsaturated/α-hetero) is 2. The van der Waals surface area contributed by atoms with Crippen molar-refractivity contribution >= 4 is 28.3 Å². The van der Waals surface area contributed by atoms with Crippen LogP contribution in [0.1, 0.15) is 56.3 Å². The van der Waals surface area contributed by atoms with E-state index < -0.39 is 12.1 Å². The predicted molar refractivity (Wildman–Crippen MR) is 103 cm³/mol. The fourth-order valence-corrected chi connectivity index (χ4v) is 3.41. The quantitative estimate of drug-likeness (QED) is 0.538. The summed E-state index contributed by atoms with van der Waals surface area (Å²) >= 11 is 0. The number of ketones is 2. The van der Waals surface area contributed by atoms with Crippen molar-refractivity contribution in [2.45, 2.75) is 33.8 Å². The van der Waals surface area contributed by atoms with Gasteiger partial charge in [-0.1, -0.05) is 36.4 Å². The zero-order valence-corrected chi connectivity index (χ0v) is 15.8. The minimum absolute atomic E-state index is 0.110. The molecule has 3 rings (SSSR count). The van der Waals surface area contributed by atoms with Crippen LogP contribution < -0.4 is 0 Å². The molecular weight excluding hydrogens is 342 g/mol. The maximum atomic E-state index is 12.8. The number of aromatic amines is 1. The van der Waals surface area contributed by atoms with Gasteiger partial charge in [-0.05, 0) is 50.1 Å². The molecule has 0 spiro atoms. The second-order valence-electron chi connectivity index (χ2n) is 6.62. The highest BCUT2D eigenvalue weighted by molar-refractivity contribution is 6.08. The van der Waals surface area contributed by atoms with Crippen LogP contribution in [0.25, 0.3) is 10.8 Å². The minimum Gasteiger partial charge on any atom is -0.451 e. The Morgan fingerprint density at radius 3 is 2.33 bits per heavy atom. The van der Waals surface area contributed by atoms with Gasteiger partial charge in [-0.25, -0.2) is 4.79 Å². The van der Waals surface area contributed by atoms with Crippen LogP contribution in [0.3, 0.4) is 0 Å². The number of H-pyrrole nitrogens is 1. The monoisotopic (exact) mass is 363 g/mol. The van der Waals surface area contributed by atoms with E-state index in [4.69, 9.17) is 4.74 Å². The Kier molecular flexibility index (Phi) is 4.95. The van der Waals surface area contributed by atoms with E-state index in [0.29, 0.717) is 28.1 Å². The van der Waals surface area contributed by atoms with Crippen LogP contribution in [-0.4, -0.2) is 28.6 Å². The summed E-state index contributed by atoms with van der Waals surface area (Å²) in [6, 6.07) is 12.9. The molecule has 0 aliphatic rings. The van der Waals surface area contributed by atoms with Gasteiger partial charge >= 0.3 is 5.97 Å². The number of carbonyl (C=O) groups is 3. The van der Waals surface area contributed by atoms with Gasteiger partial charge in [0.15, 0.2) is 11.9 Å². The molecule has 0 bridgehead atoms. The largest absolute Gasteiger partial charge is 0.451 e. The van der Waals surface area contributed by atoms with Gasteiger partial charge in [-0.15, -0.1) is 0 Å². The maximum absolute atomic E-state index is 12.8. The van der Waals surface area contributed by atoms with Crippen LogP contribution in [0, 0.1) is 13.8 Å². The van der Waals surface area contributed by atoms with Gasteiger partial charge in [-0.3, -0.25) is 9.59 Å². The molecule has 5 heteroatoms. The summed E-state index contributed by atoms with van der Waals surface area (Å²) in [5.74, 6) is -1.03. The number of aryl methyl sites for hydroxylation is 1. The van der Waals surface area contributed by atoms with Crippen molar-refractivity contribution in [1.29, 1.82) is 0 Å². The number of esters is 1. The average molecular weight is 363 g/mol. The smallest absolute Gasteiger partial charge is 0.339 e. The van der Waals surface area contributed by atoms with Gasteiger partial charge in [0.2, 0.25) is 5.78 Å². The summed E-state index contributed by atoms with van der Waals surface area (Å²) in [4.78, 5) is 40.1. The number of hydrogen-bond donors (Lipinski definition) is 1. The molecule has 27 heavy (non-hydrogen) atoms. The Labute approximate surface area is 157 Å². The van der Waals surface area contributed by atoms with E-state index in [-0.39, 0.29) is 11.6 Å². The number of ether oxygens (including phenoxy) is 1. The van der Waals surface area contributed by atoms with Crippen LogP contribution in [0.4, 0.5) is 0 Å². The molecule has 3 aromatic rings. The third-order valence-corrected chi connectivity index (χ3v) is 4.70. The number of aromatic nitrogens is 1. The number of nitrogens with one attached hydrogen (secondary N) is 1. The molecule has 0 amide bonds. The lowest BCUT2D eigenvalue weighted by molar-refractivity contribution is 0.0319. The second kappa shape index (κ2) is 7.19. The number of rotatable bonds is 5. The van der Waals surface area contributed by atoms with Gasteiger partial charge in [0, 0.05) is 11.3 Å². The highest BCUT2D eigenvalue weighted by Crippen LogP contribution is 2.22. The summed E-state index contributed by atoms with van der Waals surface area (Å²) in [7, 11) is 0.